The lowest BCUT2D eigenvalue weighted by Gasteiger charge is -2.35. The molecule has 98 valence electrons. The predicted molar refractivity (Wildman–Crippen MR) is 71.4 cm³/mol. The van der Waals surface area contributed by atoms with E-state index in [9.17, 15) is 5.21 Å². The Labute approximate surface area is 111 Å². The van der Waals surface area contributed by atoms with Gasteiger partial charge in [0.05, 0.1) is 6.20 Å². The van der Waals surface area contributed by atoms with Crippen molar-refractivity contribution in [3.05, 3.63) is 47.9 Å². The Hall–Kier alpha value is -2.30. The fourth-order valence-corrected chi connectivity index (χ4v) is 2.27. The van der Waals surface area contributed by atoms with E-state index in [-0.39, 0.29) is 5.60 Å². The number of hydrogen-bond donors (Lipinski definition) is 0. The summed E-state index contributed by atoms with van der Waals surface area (Å²) in [5, 5.41) is 11.9. The summed E-state index contributed by atoms with van der Waals surface area (Å²) in [6, 6.07) is 9.03. The minimum Gasteiger partial charge on any atom is -0.711 e. The van der Waals surface area contributed by atoms with Crippen molar-refractivity contribution in [2.45, 2.75) is 19.4 Å². The van der Waals surface area contributed by atoms with Crippen LogP contribution in [0.1, 0.15) is 13.8 Å². The molecule has 1 aliphatic rings. The Morgan fingerprint density at radius 1 is 1.32 bits per heavy atom. The van der Waals surface area contributed by atoms with Gasteiger partial charge in [-0.2, -0.15) is 0 Å². The summed E-state index contributed by atoms with van der Waals surface area (Å²) in [7, 11) is 0. The molecule has 0 fully saturated rings. The van der Waals surface area contributed by atoms with Gasteiger partial charge in [0.25, 0.3) is 11.6 Å². The van der Waals surface area contributed by atoms with Crippen molar-refractivity contribution < 1.29 is 9.47 Å². The van der Waals surface area contributed by atoms with Gasteiger partial charge in [-0.15, -0.1) is 0 Å². The van der Waals surface area contributed by atoms with Crippen LogP contribution in [0.2, 0.25) is 0 Å². The fraction of sp³-hybridized carbons (Fsp3) is 0.286. The molecule has 1 aliphatic heterocycles. The molecule has 0 aromatic carbocycles. The lowest BCUT2D eigenvalue weighted by molar-refractivity contribution is -0.592. The summed E-state index contributed by atoms with van der Waals surface area (Å²) in [5.41, 5.74) is -0.376. The van der Waals surface area contributed by atoms with Crippen LogP contribution < -0.4 is 14.4 Å². The summed E-state index contributed by atoms with van der Waals surface area (Å²) in [6.45, 7) is 4.56. The van der Waals surface area contributed by atoms with E-state index in [1.54, 1.807) is 18.3 Å². The molecule has 5 nitrogen and oxygen atoms in total. The van der Waals surface area contributed by atoms with Gasteiger partial charge in [0.2, 0.25) is 0 Å². The molecular formula is C14H15N3O2. The summed E-state index contributed by atoms with van der Waals surface area (Å²) < 4.78 is 6.74. The zero-order valence-corrected chi connectivity index (χ0v) is 10.9. The first kappa shape index (κ1) is 11.8. The Balaban J connectivity index is 2.14. The van der Waals surface area contributed by atoms with Crippen LogP contribution in [-0.4, -0.2) is 17.1 Å². The third-order valence-electron chi connectivity index (χ3n) is 3.01. The SMILES string of the molecule is CC1(C)CN(c2cccc[n+]2[O-])c2ncccc2O1. The van der Waals surface area contributed by atoms with Gasteiger partial charge in [-0.3, -0.25) is 0 Å². The smallest absolute Gasteiger partial charge is 0.286 e. The molecular weight excluding hydrogens is 242 g/mol. The van der Waals surface area contributed by atoms with Crippen molar-refractivity contribution >= 4 is 11.6 Å². The molecule has 0 amide bonds. The molecule has 5 heteroatoms. The van der Waals surface area contributed by atoms with E-state index in [1.807, 2.05) is 36.9 Å². The van der Waals surface area contributed by atoms with Gasteiger partial charge in [-0.25, -0.2) is 14.6 Å². The normalized spacial score (nSPS) is 16.6. The molecule has 0 aliphatic carbocycles. The average molecular weight is 257 g/mol. The Kier molecular flexibility index (Phi) is 2.55. The van der Waals surface area contributed by atoms with Crippen LogP contribution in [0.4, 0.5) is 11.6 Å². The molecule has 2 aromatic heterocycles. The van der Waals surface area contributed by atoms with Crippen LogP contribution in [0.15, 0.2) is 42.7 Å². The minimum atomic E-state index is -0.376. The maximum atomic E-state index is 11.9. The van der Waals surface area contributed by atoms with E-state index in [4.69, 9.17) is 4.74 Å². The van der Waals surface area contributed by atoms with E-state index in [0.29, 0.717) is 23.9 Å². The monoisotopic (exact) mass is 257 g/mol. The van der Waals surface area contributed by atoms with Crippen molar-refractivity contribution in [2.75, 3.05) is 11.4 Å². The zero-order valence-electron chi connectivity index (χ0n) is 10.9. The number of nitrogens with zero attached hydrogens (tertiary/aromatic N) is 3. The largest absolute Gasteiger partial charge is 0.711 e. The fourth-order valence-electron chi connectivity index (χ4n) is 2.27. The Morgan fingerprint density at radius 2 is 2.16 bits per heavy atom. The molecule has 0 saturated carbocycles. The summed E-state index contributed by atoms with van der Waals surface area (Å²) in [5.74, 6) is 1.93. The lowest BCUT2D eigenvalue weighted by Crippen LogP contribution is -2.48. The van der Waals surface area contributed by atoms with Crippen LogP contribution in [0, 0.1) is 5.21 Å². The highest BCUT2D eigenvalue weighted by Crippen LogP contribution is 2.37. The molecule has 0 spiro atoms. The van der Waals surface area contributed by atoms with E-state index >= 15 is 0 Å². The minimum absolute atomic E-state index is 0.376. The molecule has 19 heavy (non-hydrogen) atoms. The molecule has 0 radical (unpaired) electrons. The van der Waals surface area contributed by atoms with Gasteiger partial charge >= 0.3 is 0 Å². The highest BCUT2D eigenvalue weighted by molar-refractivity contribution is 5.63. The average Bonchev–Trinajstić information content (AvgIpc) is 2.37. The topological polar surface area (TPSA) is 52.3 Å². The number of ether oxygens (including phenoxy) is 1. The van der Waals surface area contributed by atoms with E-state index in [2.05, 4.69) is 4.98 Å². The number of fused-ring (bicyclic) bond motifs is 1. The number of rotatable bonds is 1. The highest BCUT2D eigenvalue weighted by Gasteiger charge is 2.39. The number of hydrogen-bond acceptors (Lipinski definition) is 4. The van der Waals surface area contributed by atoms with Crippen molar-refractivity contribution in [2.24, 2.45) is 0 Å². The van der Waals surface area contributed by atoms with Crippen molar-refractivity contribution in [1.29, 1.82) is 0 Å². The predicted octanol–water partition coefficient (Wildman–Crippen LogP) is 2.02. The Morgan fingerprint density at radius 3 is 2.95 bits per heavy atom. The van der Waals surface area contributed by atoms with E-state index < -0.39 is 0 Å². The van der Waals surface area contributed by atoms with Crippen molar-refractivity contribution in [1.82, 2.24) is 4.98 Å². The highest BCUT2D eigenvalue weighted by atomic mass is 16.5. The summed E-state index contributed by atoms with van der Waals surface area (Å²) >= 11 is 0. The standard InChI is InChI=1S/C14H15N3O2/c1-14(2)10-16(12-7-3-4-9-17(12)18)13-11(19-14)6-5-8-15-13/h3-9H,10H2,1-2H3. The van der Waals surface area contributed by atoms with Gasteiger partial charge in [-0.1, -0.05) is 6.07 Å². The van der Waals surface area contributed by atoms with Gasteiger partial charge in [0, 0.05) is 12.3 Å². The van der Waals surface area contributed by atoms with Gasteiger partial charge in [0.1, 0.15) is 12.1 Å². The molecule has 0 N–H and O–H groups in total. The van der Waals surface area contributed by atoms with E-state index in [1.165, 1.54) is 6.20 Å². The third-order valence-corrected chi connectivity index (χ3v) is 3.01. The zero-order chi connectivity index (χ0) is 13.5. The number of pyridine rings is 2. The van der Waals surface area contributed by atoms with Gasteiger partial charge in [-0.05, 0) is 32.0 Å². The molecule has 2 aromatic rings. The molecule has 0 unspecified atom stereocenters. The second kappa shape index (κ2) is 4.12. The van der Waals surface area contributed by atoms with Crippen LogP contribution >= 0.6 is 0 Å². The summed E-state index contributed by atoms with van der Waals surface area (Å²) in [6.07, 6.45) is 3.19. The lowest BCUT2D eigenvalue weighted by atomic mass is 10.1. The van der Waals surface area contributed by atoms with Crippen molar-refractivity contribution in [3.8, 4) is 5.75 Å². The summed E-state index contributed by atoms with van der Waals surface area (Å²) in [4.78, 5) is 6.23. The molecule has 0 saturated heterocycles. The van der Waals surface area contributed by atoms with Crippen molar-refractivity contribution in [3.63, 3.8) is 0 Å². The molecule has 3 rings (SSSR count). The first-order chi connectivity index (χ1) is 9.07. The Bertz CT molecular complexity index is 613. The molecule has 3 heterocycles. The van der Waals surface area contributed by atoms with Crippen LogP contribution in [0.25, 0.3) is 0 Å². The first-order valence-corrected chi connectivity index (χ1v) is 6.17. The van der Waals surface area contributed by atoms with Crippen LogP contribution in [0.3, 0.4) is 0 Å². The quantitative estimate of drug-likeness (QED) is 0.579. The maximum Gasteiger partial charge on any atom is 0.286 e. The van der Waals surface area contributed by atoms with Crippen LogP contribution in [0.5, 0.6) is 5.75 Å². The number of aromatic nitrogens is 2. The number of anilines is 2. The maximum absolute atomic E-state index is 11.9. The molecule has 0 atom stereocenters. The second-order valence-electron chi connectivity index (χ2n) is 5.16. The third kappa shape index (κ3) is 2.07. The first-order valence-electron chi connectivity index (χ1n) is 6.17. The molecule has 0 bridgehead atoms. The second-order valence-corrected chi connectivity index (χ2v) is 5.16. The van der Waals surface area contributed by atoms with Crippen LogP contribution in [-0.2, 0) is 0 Å². The van der Waals surface area contributed by atoms with E-state index in [0.717, 1.165) is 4.73 Å². The van der Waals surface area contributed by atoms with Gasteiger partial charge < -0.3 is 9.94 Å². The van der Waals surface area contributed by atoms with Gasteiger partial charge in [0.15, 0.2) is 5.75 Å².